The summed E-state index contributed by atoms with van der Waals surface area (Å²) in [7, 11) is 0. The minimum atomic E-state index is -1.17. The monoisotopic (exact) mass is 353 g/mol. The van der Waals surface area contributed by atoms with Gasteiger partial charge in [-0.15, -0.1) is 0 Å². The van der Waals surface area contributed by atoms with Gasteiger partial charge < -0.3 is 10.4 Å². The maximum Gasteiger partial charge on any atom is 0.358 e. The molecule has 0 spiro atoms. The normalized spacial score (nSPS) is 13.6. The van der Waals surface area contributed by atoms with Crippen LogP contribution in [-0.4, -0.2) is 31.7 Å². The number of aromatic carboxylic acids is 1. The van der Waals surface area contributed by atoms with E-state index in [-0.39, 0.29) is 17.5 Å². The second kappa shape index (κ2) is 5.68. The predicted molar refractivity (Wildman–Crippen MR) is 89.8 cm³/mol. The number of carbonyl (C=O) groups excluding carboxylic acids is 1. The van der Waals surface area contributed by atoms with Crippen LogP contribution < -0.4 is 5.32 Å². The Hall–Kier alpha value is -3.25. The van der Waals surface area contributed by atoms with Crippen molar-refractivity contribution in [3.05, 3.63) is 35.5 Å². The summed E-state index contributed by atoms with van der Waals surface area (Å²) in [5, 5.41) is 25.5. The zero-order chi connectivity index (χ0) is 17.6. The van der Waals surface area contributed by atoms with Crippen LogP contribution in [0, 0.1) is 17.2 Å². The minimum Gasteiger partial charge on any atom is -0.476 e. The van der Waals surface area contributed by atoms with Gasteiger partial charge in [-0.05, 0) is 37.1 Å². The number of anilines is 1. The van der Waals surface area contributed by atoms with Crippen molar-refractivity contribution in [1.29, 1.82) is 5.26 Å². The molecule has 2 heterocycles. The van der Waals surface area contributed by atoms with Gasteiger partial charge in [0.1, 0.15) is 4.70 Å². The summed E-state index contributed by atoms with van der Waals surface area (Å²) in [6, 6.07) is 8.59. The van der Waals surface area contributed by atoms with Crippen LogP contribution in [0.5, 0.6) is 0 Å². The van der Waals surface area contributed by atoms with Crippen LogP contribution in [0.2, 0.25) is 0 Å². The maximum atomic E-state index is 11.9. The van der Waals surface area contributed by atoms with Crippen LogP contribution in [0.25, 0.3) is 16.0 Å². The van der Waals surface area contributed by atoms with Gasteiger partial charge in [0.2, 0.25) is 5.91 Å². The lowest BCUT2D eigenvalue weighted by Gasteiger charge is -2.02. The van der Waals surface area contributed by atoms with Gasteiger partial charge in [0, 0.05) is 5.92 Å². The average molecular weight is 353 g/mol. The molecule has 0 unspecified atom stereocenters. The van der Waals surface area contributed by atoms with E-state index in [0.29, 0.717) is 26.7 Å². The SMILES string of the molecule is N#Cc1ccc(-n2nc(C(=O)O)c3sc(NC(=O)C4CC4)nc32)cc1. The molecule has 1 aliphatic rings. The number of amides is 1. The number of hydrogen-bond donors (Lipinski definition) is 2. The largest absolute Gasteiger partial charge is 0.476 e. The molecule has 8 nitrogen and oxygen atoms in total. The third-order valence-electron chi connectivity index (χ3n) is 3.85. The molecule has 1 amide bonds. The number of carbonyl (C=O) groups is 2. The third-order valence-corrected chi connectivity index (χ3v) is 4.81. The van der Waals surface area contributed by atoms with Crippen molar-refractivity contribution in [2.75, 3.05) is 5.32 Å². The summed E-state index contributed by atoms with van der Waals surface area (Å²) in [5.74, 6) is -1.23. The number of aromatic nitrogens is 3. The highest BCUT2D eigenvalue weighted by Crippen LogP contribution is 2.34. The first-order valence-corrected chi connectivity index (χ1v) is 8.32. The van der Waals surface area contributed by atoms with Crippen molar-refractivity contribution < 1.29 is 14.7 Å². The number of carboxylic acids is 1. The van der Waals surface area contributed by atoms with E-state index in [9.17, 15) is 14.7 Å². The van der Waals surface area contributed by atoms with Gasteiger partial charge in [-0.3, -0.25) is 4.79 Å². The molecule has 9 heteroatoms. The fraction of sp³-hybridized carbons (Fsp3) is 0.188. The lowest BCUT2D eigenvalue weighted by Crippen LogP contribution is -2.13. The highest BCUT2D eigenvalue weighted by molar-refractivity contribution is 7.22. The van der Waals surface area contributed by atoms with Crippen LogP contribution in [-0.2, 0) is 4.79 Å². The number of nitriles is 1. The van der Waals surface area contributed by atoms with E-state index in [1.807, 2.05) is 6.07 Å². The van der Waals surface area contributed by atoms with Crippen LogP contribution in [0.1, 0.15) is 28.9 Å². The first-order chi connectivity index (χ1) is 12.1. The number of nitrogens with zero attached hydrogens (tertiary/aromatic N) is 4. The lowest BCUT2D eigenvalue weighted by molar-refractivity contribution is -0.117. The van der Waals surface area contributed by atoms with Gasteiger partial charge in [-0.1, -0.05) is 11.3 Å². The van der Waals surface area contributed by atoms with Crippen LogP contribution >= 0.6 is 11.3 Å². The molecule has 2 aromatic heterocycles. The van der Waals surface area contributed by atoms with Crippen LogP contribution in [0.4, 0.5) is 5.13 Å². The van der Waals surface area contributed by atoms with E-state index in [1.165, 1.54) is 4.68 Å². The first kappa shape index (κ1) is 15.3. The summed E-state index contributed by atoms with van der Waals surface area (Å²) >= 11 is 1.09. The zero-order valence-corrected chi connectivity index (χ0v) is 13.6. The van der Waals surface area contributed by atoms with Gasteiger partial charge in [-0.25, -0.2) is 9.48 Å². The number of benzene rings is 1. The fourth-order valence-electron chi connectivity index (χ4n) is 2.41. The van der Waals surface area contributed by atoms with E-state index < -0.39 is 5.97 Å². The van der Waals surface area contributed by atoms with Crippen LogP contribution in [0.15, 0.2) is 24.3 Å². The van der Waals surface area contributed by atoms with Crippen molar-refractivity contribution in [2.45, 2.75) is 12.8 Å². The molecule has 4 rings (SSSR count). The minimum absolute atomic E-state index is 0.0287. The molecule has 0 radical (unpaired) electrons. The van der Waals surface area contributed by atoms with Crippen molar-refractivity contribution in [3.8, 4) is 11.8 Å². The zero-order valence-electron chi connectivity index (χ0n) is 12.8. The molecule has 1 fully saturated rings. The molecule has 3 aromatic rings. The Morgan fingerprint density at radius 3 is 2.64 bits per heavy atom. The molecular weight excluding hydrogens is 342 g/mol. The number of nitrogens with one attached hydrogen (secondary N) is 1. The second-order valence-corrected chi connectivity index (χ2v) is 6.66. The number of fused-ring (bicyclic) bond motifs is 1. The molecular formula is C16H11N5O3S. The topological polar surface area (TPSA) is 121 Å². The summed E-state index contributed by atoms with van der Waals surface area (Å²) in [4.78, 5) is 27.7. The lowest BCUT2D eigenvalue weighted by atomic mass is 10.2. The number of carboxylic acid groups (broad SMARTS) is 1. The Labute approximate surface area is 145 Å². The maximum absolute atomic E-state index is 11.9. The van der Waals surface area contributed by atoms with Crippen molar-refractivity contribution in [2.24, 2.45) is 5.92 Å². The molecule has 25 heavy (non-hydrogen) atoms. The molecule has 1 saturated carbocycles. The van der Waals surface area contributed by atoms with E-state index in [2.05, 4.69) is 15.4 Å². The number of thiazole rings is 1. The Morgan fingerprint density at radius 1 is 1.32 bits per heavy atom. The van der Waals surface area contributed by atoms with E-state index in [0.717, 1.165) is 24.2 Å². The molecule has 124 valence electrons. The summed E-state index contributed by atoms with van der Waals surface area (Å²) in [5.41, 5.74) is 1.31. The van der Waals surface area contributed by atoms with Gasteiger partial charge in [0.25, 0.3) is 0 Å². The van der Waals surface area contributed by atoms with Gasteiger partial charge >= 0.3 is 5.97 Å². The Balaban J connectivity index is 1.79. The summed E-state index contributed by atoms with van der Waals surface area (Å²) in [6.45, 7) is 0. The number of hydrogen-bond acceptors (Lipinski definition) is 6. The first-order valence-electron chi connectivity index (χ1n) is 7.51. The van der Waals surface area contributed by atoms with Gasteiger partial charge in [0.05, 0.1) is 17.3 Å². The highest BCUT2D eigenvalue weighted by Gasteiger charge is 2.31. The Kier molecular flexibility index (Phi) is 3.47. The van der Waals surface area contributed by atoms with E-state index >= 15 is 0 Å². The average Bonchev–Trinajstić information content (AvgIpc) is 3.29. The standard InChI is InChI=1S/C16H11N5O3S/c17-7-8-1-5-10(6-2-8)21-13-12(11(20-21)15(23)24)25-16(18-13)19-14(22)9-3-4-9/h1-2,5-6,9H,3-4H2,(H,23,24)(H,18,19,22). The van der Waals surface area contributed by atoms with Gasteiger partial charge in [-0.2, -0.15) is 15.3 Å². The fourth-order valence-corrected chi connectivity index (χ4v) is 3.33. The van der Waals surface area contributed by atoms with Crippen molar-refractivity contribution in [1.82, 2.24) is 14.8 Å². The molecule has 0 aliphatic heterocycles. The van der Waals surface area contributed by atoms with Crippen molar-refractivity contribution in [3.63, 3.8) is 0 Å². The Bertz CT molecular complexity index is 1040. The van der Waals surface area contributed by atoms with Crippen molar-refractivity contribution >= 4 is 38.7 Å². The summed E-state index contributed by atoms with van der Waals surface area (Å²) < 4.78 is 1.80. The molecule has 0 atom stereocenters. The quantitative estimate of drug-likeness (QED) is 0.743. The second-order valence-electron chi connectivity index (χ2n) is 5.66. The Morgan fingerprint density at radius 2 is 2.04 bits per heavy atom. The van der Waals surface area contributed by atoms with Gasteiger partial charge in [0.15, 0.2) is 16.5 Å². The molecule has 2 N–H and O–H groups in total. The molecule has 0 bridgehead atoms. The van der Waals surface area contributed by atoms with E-state index in [4.69, 9.17) is 5.26 Å². The highest BCUT2D eigenvalue weighted by atomic mass is 32.1. The third kappa shape index (κ3) is 2.72. The van der Waals surface area contributed by atoms with Crippen LogP contribution in [0.3, 0.4) is 0 Å². The van der Waals surface area contributed by atoms with E-state index in [1.54, 1.807) is 24.3 Å². The molecule has 1 aliphatic carbocycles. The molecule has 0 saturated heterocycles. The molecule has 1 aromatic carbocycles. The number of rotatable bonds is 4. The summed E-state index contributed by atoms with van der Waals surface area (Å²) in [6.07, 6.45) is 1.74. The smallest absolute Gasteiger partial charge is 0.358 e. The predicted octanol–water partition coefficient (Wildman–Crippen LogP) is 2.40.